The van der Waals surface area contributed by atoms with E-state index in [0.717, 1.165) is 106 Å². The summed E-state index contributed by atoms with van der Waals surface area (Å²) in [4.78, 5) is 138. The molecule has 14 aromatic rings. The second-order valence-electron chi connectivity index (χ2n) is 38.6. The number of benzene rings is 6. The molecular weight excluding hydrogens is 1870 g/mol. The quantitative estimate of drug-likeness (QED) is 0.0109. The average Bonchev–Trinajstić information content (AvgIpc) is 1.94. The molecule has 8 aromatic heterocycles. The maximum absolute atomic E-state index is 11.5. The summed E-state index contributed by atoms with van der Waals surface area (Å²) in [5.74, 6) is 2.72. The van der Waals surface area contributed by atoms with Gasteiger partial charge >= 0.3 is 0 Å². The first-order chi connectivity index (χ1) is 71.3. The third-order valence-corrected chi connectivity index (χ3v) is 28.2. The first kappa shape index (κ1) is 108. The lowest BCUT2D eigenvalue weighted by atomic mass is 9.73. The number of carbonyl (C=O) groups excluding carboxylic acids is 7. The molecule has 10 heterocycles. The Morgan fingerprint density at radius 1 is 0.361 bits per heavy atom. The van der Waals surface area contributed by atoms with Gasteiger partial charge in [-0.1, -0.05) is 205 Å². The van der Waals surface area contributed by atoms with Crippen molar-refractivity contribution >= 4 is 51.9 Å². The predicted molar refractivity (Wildman–Crippen MR) is 541 cm³/mol. The highest BCUT2D eigenvalue weighted by molar-refractivity contribution is 5.98. The number of nitrogens with one attached hydrogen (secondary N) is 4. The molecule has 4 aliphatic carbocycles. The maximum atomic E-state index is 11.5. The van der Waals surface area contributed by atoms with Crippen LogP contribution in [0.1, 0.15) is 264 Å². The van der Waals surface area contributed by atoms with Crippen molar-refractivity contribution in [2.75, 3.05) is 46.2 Å². The first-order valence-electron chi connectivity index (χ1n) is 49.2. The molecule has 762 valence electrons. The minimum Gasteiger partial charge on any atom is -0.460 e. The summed E-state index contributed by atoms with van der Waals surface area (Å²) in [6, 6.07) is 57.9. The molecular formula is C112H122N18O17. The molecule has 2 aliphatic heterocycles. The summed E-state index contributed by atoms with van der Waals surface area (Å²) in [6.45, 7) is 10.2. The standard InChI is InChI=1S/C20H16N2O2.C17H15N3O3.C17H21N3O2.C17H18N2O2.C15H15N3O3.C14H20N2O2.C12H17N3O3/c23-12-19(24)13-10-21-20(22-11-13)9-18-16-7-3-1-5-14(16)15-6-2-4-8-17(15)18;21-16(20-22)12-9-18-15(19-10-12)8-17(5-6-17)14-7-11-3-1-2-4-13(11)23-14;1-3-17(4-2,14-8-6-5-7-9-14)10-15-18-11-13(12-19-15)16(21)20-22;20-12-15(21)14-10-18-16(19-11-14)9-17(6-7-17)8-13-4-2-1-3-5-13;19-14(18-20)11-7-16-13(17-8-11)6-15(9-21-10-15)12-4-2-1-3-5-12;1-14(5-3-2-4-6-14)7-13-15-8-11(9-16-13)12(18)10-17;1-12(2-4-18-5-3-12)6-10-13-7-9(8-14-10)11(16)15-17/h1-8,10-11,18,23H,9,12H2;1-4,7,9-10,22H,5-6,8H2,(H,20,21);5-9,11-12,22H,3-4,10H2,1-2H3,(H,20,21);1-5,10-11,20H,6-9,12H2;1-5,7-8,20H,6,9-10H2,(H,18,19);8-9,17H,2-7,10H2,1H3;7-8,17H,2-6H2,1H3,(H,15,16). The van der Waals surface area contributed by atoms with Gasteiger partial charge in [0, 0.05) is 172 Å². The Morgan fingerprint density at radius 2 is 0.721 bits per heavy atom. The van der Waals surface area contributed by atoms with Crippen LogP contribution in [0.3, 0.4) is 0 Å². The number of aliphatic hydroxyl groups is 3. The lowest BCUT2D eigenvalue weighted by molar-refractivity contribution is -0.0608. The van der Waals surface area contributed by atoms with Gasteiger partial charge in [-0.15, -0.1) is 0 Å². The lowest BCUT2D eigenvalue weighted by Gasteiger charge is -2.41. The van der Waals surface area contributed by atoms with Crippen LogP contribution in [0.5, 0.6) is 0 Å². The van der Waals surface area contributed by atoms with E-state index in [1.807, 2.05) is 66.7 Å². The third kappa shape index (κ3) is 28.8. The van der Waals surface area contributed by atoms with Gasteiger partial charge in [0.15, 0.2) is 17.3 Å². The Hall–Kier alpha value is -15.1. The second-order valence-corrected chi connectivity index (χ2v) is 38.6. The molecule has 0 atom stereocenters. The SMILES string of the molecule is CC1(Cc2ncc(C(=O)CO)cn2)CCCCC1.CC1(Cc2ncc(C(=O)NO)cn2)CCOCC1.CCC(CC)(Cc1ncc(C(=O)NO)cn1)c1ccccc1.O=C(CO)c1cnc(CC2(Cc3ccccc3)CC2)nc1.O=C(CO)c1cnc(CC2c3ccccc3-c3ccccc32)nc1.O=C(NO)c1cnc(CC2(c3cc4ccccc4o3)CC2)nc1.O=C(NO)c1cnc(CC2(c3ccccc3)COC2)nc1. The van der Waals surface area contributed by atoms with Crippen LogP contribution < -0.4 is 21.9 Å². The summed E-state index contributed by atoms with van der Waals surface area (Å²) in [5.41, 5.74) is 18.7. The number of ketones is 3. The molecule has 0 bridgehead atoms. The molecule has 4 amide bonds. The zero-order chi connectivity index (χ0) is 104. The van der Waals surface area contributed by atoms with E-state index in [-0.39, 0.29) is 72.6 Å². The highest BCUT2D eigenvalue weighted by atomic mass is 16.5. The number of Topliss-reactive ketones (excluding diaryl/α,β-unsaturated/α-hetero) is 3. The van der Waals surface area contributed by atoms with Crippen LogP contribution in [0.25, 0.3) is 22.1 Å². The summed E-state index contributed by atoms with van der Waals surface area (Å²) >= 11 is 0. The van der Waals surface area contributed by atoms with Gasteiger partial charge < -0.3 is 29.2 Å². The van der Waals surface area contributed by atoms with Crippen LogP contribution in [-0.4, -0.2) is 193 Å². The molecule has 11 N–H and O–H groups in total. The molecule has 5 fully saturated rings. The van der Waals surface area contributed by atoms with Gasteiger partial charge in [0.2, 0.25) is 0 Å². The molecule has 35 heteroatoms. The summed E-state index contributed by atoms with van der Waals surface area (Å²) < 4.78 is 16.7. The predicted octanol–water partition coefficient (Wildman–Crippen LogP) is 15.0. The van der Waals surface area contributed by atoms with Gasteiger partial charge in [0.05, 0.1) is 52.2 Å². The number of para-hydroxylation sites is 1. The van der Waals surface area contributed by atoms with Gasteiger partial charge in [0.25, 0.3) is 23.6 Å². The number of fused-ring (bicyclic) bond motifs is 4. The van der Waals surface area contributed by atoms with Crippen LogP contribution >= 0.6 is 0 Å². The van der Waals surface area contributed by atoms with Crippen molar-refractivity contribution in [1.29, 1.82) is 0 Å². The van der Waals surface area contributed by atoms with Crippen molar-refractivity contribution in [2.24, 2.45) is 16.2 Å². The first-order valence-corrected chi connectivity index (χ1v) is 49.2. The molecule has 6 aliphatic rings. The second kappa shape index (κ2) is 51.1. The van der Waals surface area contributed by atoms with E-state index in [1.165, 1.54) is 171 Å². The van der Waals surface area contributed by atoms with Gasteiger partial charge in [-0.2, -0.15) is 0 Å². The minimum atomic E-state index is -0.619. The largest absolute Gasteiger partial charge is 0.460 e. The third-order valence-electron chi connectivity index (χ3n) is 28.2. The van der Waals surface area contributed by atoms with Gasteiger partial charge in [-0.3, -0.25) is 54.4 Å². The van der Waals surface area contributed by atoms with Crippen molar-refractivity contribution in [3.8, 4) is 11.1 Å². The van der Waals surface area contributed by atoms with Crippen LogP contribution in [0, 0.1) is 16.2 Å². The van der Waals surface area contributed by atoms with Crippen molar-refractivity contribution in [2.45, 2.75) is 185 Å². The highest BCUT2D eigenvalue weighted by Crippen LogP contribution is 2.53. The van der Waals surface area contributed by atoms with Crippen LogP contribution in [0.2, 0.25) is 0 Å². The van der Waals surface area contributed by atoms with E-state index >= 15 is 0 Å². The smallest absolute Gasteiger partial charge is 0.277 e. The molecule has 3 saturated carbocycles. The summed E-state index contributed by atoms with van der Waals surface area (Å²) in [6.07, 6.45) is 41.5. The zero-order valence-corrected chi connectivity index (χ0v) is 82.6. The van der Waals surface area contributed by atoms with E-state index in [9.17, 15) is 33.6 Å². The number of nitrogens with zero attached hydrogens (tertiary/aromatic N) is 14. The lowest BCUT2D eigenvalue weighted by Crippen LogP contribution is -2.48. The Kier molecular flexibility index (Phi) is 37.5. The molecule has 0 spiro atoms. The molecule has 6 aromatic carbocycles. The number of aromatic nitrogens is 14. The number of furan rings is 1. The Morgan fingerprint density at radius 3 is 1.12 bits per heavy atom. The number of ether oxygens (including phenoxy) is 2. The Labute approximate surface area is 850 Å². The number of rotatable bonds is 31. The van der Waals surface area contributed by atoms with Crippen LogP contribution in [0.15, 0.2) is 261 Å². The van der Waals surface area contributed by atoms with E-state index in [2.05, 4.69) is 201 Å². The molecule has 147 heavy (non-hydrogen) atoms. The number of amides is 4. The highest BCUT2D eigenvalue weighted by Gasteiger charge is 2.49. The number of hydrogen-bond acceptors (Lipinski definition) is 31. The molecule has 20 rings (SSSR count). The molecule has 2 saturated heterocycles. The molecule has 35 nitrogen and oxygen atoms in total. The van der Waals surface area contributed by atoms with E-state index < -0.39 is 43.4 Å². The maximum Gasteiger partial charge on any atom is 0.277 e. The Balaban J connectivity index is 0.000000136. The van der Waals surface area contributed by atoms with Crippen molar-refractivity contribution < 1.29 is 83.6 Å². The van der Waals surface area contributed by atoms with Gasteiger partial charge in [-0.05, 0) is 138 Å². The minimum absolute atomic E-state index is 0.0119. The normalized spacial score (nSPS) is 15.2. The van der Waals surface area contributed by atoms with E-state index in [4.69, 9.17) is 50.0 Å². The van der Waals surface area contributed by atoms with E-state index in [0.29, 0.717) is 90.1 Å². The number of hydroxylamine groups is 4. The number of hydrogen-bond donors (Lipinski definition) is 11. The van der Waals surface area contributed by atoms with Crippen LogP contribution in [-0.2, 0) is 77.1 Å². The fourth-order valence-corrected chi connectivity index (χ4v) is 18.7. The van der Waals surface area contributed by atoms with Crippen molar-refractivity contribution in [3.05, 3.63) is 370 Å². The zero-order valence-electron chi connectivity index (χ0n) is 82.6. The van der Waals surface area contributed by atoms with Crippen molar-refractivity contribution in [1.82, 2.24) is 91.7 Å². The van der Waals surface area contributed by atoms with Crippen LogP contribution in [0.4, 0.5) is 0 Å². The van der Waals surface area contributed by atoms with Gasteiger partial charge in [-0.25, -0.2) is 91.7 Å². The molecule has 0 radical (unpaired) electrons. The van der Waals surface area contributed by atoms with E-state index in [1.54, 1.807) is 21.9 Å². The van der Waals surface area contributed by atoms with Crippen molar-refractivity contribution in [3.63, 3.8) is 0 Å². The summed E-state index contributed by atoms with van der Waals surface area (Å²) in [7, 11) is 0. The monoisotopic (exact) mass is 1990 g/mol. The number of carbonyl (C=O) groups is 7. The Bertz CT molecular complexity index is 6520. The topological polar surface area (TPSA) is 521 Å². The average molecular weight is 1990 g/mol. The summed E-state index contributed by atoms with van der Waals surface area (Å²) in [5, 5.41) is 61.8. The number of aliphatic hydroxyl groups excluding tert-OH is 3. The fraction of sp³-hybridized carbons (Fsp3) is 0.348. The fourth-order valence-electron chi connectivity index (χ4n) is 18.7. The molecule has 0 unspecified atom stereocenters. The van der Waals surface area contributed by atoms with Gasteiger partial charge in [0.1, 0.15) is 71.9 Å².